The molecule has 0 bridgehead atoms. The molecule has 174 valence electrons. The van der Waals surface area contributed by atoms with E-state index in [9.17, 15) is 4.79 Å². The number of rotatable bonds is 9. The molecule has 3 rings (SSSR count). The molecule has 5 nitrogen and oxygen atoms in total. The molecule has 1 aliphatic rings. The van der Waals surface area contributed by atoms with Crippen LogP contribution in [0.25, 0.3) is 0 Å². The molecular formula is C26H35ClN2O3. The van der Waals surface area contributed by atoms with Gasteiger partial charge in [0.05, 0.1) is 18.2 Å². The van der Waals surface area contributed by atoms with Gasteiger partial charge in [-0.3, -0.25) is 4.79 Å². The summed E-state index contributed by atoms with van der Waals surface area (Å²) in [5.74, 6) is 1.67. The third-order valence-electron chi connectivity index (χ3n) is 5.44. The average molecular weight is 459 g/mol. The predicted octanol–water partition coefficient (Wildman–Crippen LogP) is 5.25. The van der Waals surface area contributed by atoms with Gasteiger partial charge in [-0.2, -0.15) is 0 Å². The fraction of sp³-hybridized carbons (Fsp3) is 0.500. The molecule has 1 heterocycles. The summed E-state index contributed by atoms with van der Waals surface area (Å²) in [6.07, 6.45) is 0.826. The molecule has 0 aliphatic carbocycles. The summed E-state index contributed by atoms with van der Waals surface area (Å²) in [5.41, 5.74) is 2.20. The highest BCUT2D eigenvalue weighted by atomic mass is 35.5. The zero-order valence-electron chi connectivity index (χ0n) is 19.6. The molecule has 2 aromatic rings. The molecule has 0 radical (unpaired) electrons. The fourth-order valence-corrected chi connectivity index (χ4v) is 4.37. The van der Waals surface area contributed by atoms with Gasteiger partial charge in [0.25, 0.3) is 0 Å². The Labute approximate surface area is 197 Å². The highest BCUT2D eigenvalue weighted by Gasteiger charge is 2.24. The number of amides is 1. The number of fused-ring (bicyclic) bond motifs is 1. The first-order chi connectivity index (χ1) is 15.3. The molecule has 1 amide bonds. The molecule has 1 aliphatic heterocycles. The lowest BCUT2D eigenvalue weighted by molar-refractivity contribution is -0.136. The molecule has 6 heteroatoms. The van der Waals surface area contributed by atoms with Crippen molar-refractivity contribution in [2.75, 3.05) is 33.4 Å². The van der Waals surface area contributed by atoms with Gasteiger partial charge in [0.2, 0.25) is 5.91 Å². The Bertz CT molecular complexity index is 888. The van der Waals surface area contributed by atoms with Gasteiger partial charge in [0, 0.05) is 38.5 Å². The van der Waals surface area contributed by atoms with Crippen molar-refractivity contribution in [1.82, 2.24) is 9.80 Å². The fourth-order valence-electron chi connectivity index (χ4n) is 4.09. The van der Waals surface area contributed by atoms with Crippen molar-refractivity contribution in [1.29, 1.82) is 0 Å². The van der Waals surface area contributed by atoms with Gasteiger partial charge in [-0.25, -0.2) is 0 Å². The van der Waals surface area contributed by atoms with E-state index in [0.717, 1.165) is 18.5 Å². The zero-order chi connectivity index (χ0) is 23.1. The van der Waals surface area contributed by atoms with Crippen molar-refractivity contribution in [3.63, 3.8) is 0 Å². The van der Waals surface area contributed by atoms with Crippen molar-refractivity contribution in [2.45, 2.75) is 40.3 Å². The largest absolute Gasteiger partial charge is 0.489 e. The van der Waals surface area contributed by atoms with E-state index in [1.165, 1.54) is 5.56 Å². The van der Waals surface area contributed by atoms with Gasteiger partial charge < -0.3 is 19.3 Å². The van der Waals surface area contributed by atoms with Crippen molar-refractivity contribution < 1.29 is 14.3 Å². The van der Waals surface area contributed by atoms with Gasteiger partial charge >= 0.3 is 0 Å². The molecule has 2 aromatic carbocycles. The van der Waals surface area contributed by atoms with Crippen LogP contribution in [-0.2, 0) is 17.9 Å². The number of nitrogens with zero attached hydrogens (tertiary/aromatic N) is 2. The molecule has 1 atom stereocenters. The van der Waals surface area contributed by atoms with Crippen LogP contribution in [0.15, 0.2) is 42.5 Å². The maximum absolute atomic E-state index is 13.4. The van der Waals surface area contributed by atoms with Crippen LogP contribution in [0, 0.1) is 11.8 Å². The van der Waals surface area contributed by atoms with Crippen LogP contribution in [0.5, 0.6) is 11.5 Å². The second-order valence-electron chi connectivity index (χ2n) is 9.15. The summed E-state index contributed by atoms with van der Waals surface area (Å²) < 4.78 is 11.6. The van der Waals surface area contributed by atoms with Gasteiger partial charge in [-0.15, -0.1) is 0 Å². The maximum atomic E-state index is 13.4. The smallest absolute Gasteiger partial charge is 0.227 e. The van der Waals surface area contributed by atoms with E-state index in [1.54, 1.807) is 0 Å². The Morgan fingerprint density at radius 2 is 1.72 bits per heavy atom. The van der Waals surface area contributed by atoms with Crippen LogP contribution < -0.4 is 9.47 Å². The van der Waals surface area contributed by atoms with Gasteiger partial charge in [-0.1, -0.05) is 62.7 Å². The van der Waals surface area contributed by atoms with Gasteiger partial charge in [0.15, 0.2) is 11.5 Å². The van der Waals surface area contributed by atoms with Crippen molar-refractivity contribution in [3.05, 3.63) is 58.6 Å². The van der Waals surface area contributed by atoms with E-state index >= 15 is 0 Å². The molecule has 32 heavy (non-hydrogen) atoms. The van der Waals surface area contributed by atoms with E-state index in [1.807, 2.05) is 42.2 Å². The summed E-state index contributed by atoms with van der Waals surface area (Å²) >= 11 is 6.48. The first-order valence-electron chi connectivity index (χ1n) is 11.4. The highest BCUT2D eigenvalue weighted by Crippen LogP contribution is 2.38. The van der Waals surface area contributed by atoms with E-state index in [0.29, 0.717) is 55.3 Å². The number of benzene rings is 2. The second kappa shape index (κ2) is 11.6. The Balaban J connectivity index is 1.69. The summed E-state index contributed by atoms with van der Waals surface area (Å²) in [7, 11) is 2.06. The number of hydrogen-bond donors (Lipinski definition) is 0. The SMILES string of the molecule is CC(C)CN(Cc1cc(Cl)c2c(c1)OCCCO2)C(=O)[C@H](C)CN(C)Cc1ccccc1. The standard InChI is InChI=1S/C26H35ClN2O3/c1-19(2)15-29(18-22-13-23(27)25-24(14-22)31-11-8-12-32-25)26(30)20(3)16-28(4)17-21-9-6-5-7-10-21/h5-7,9-10,13-14,19-20H,8,11-12,15-18H2,1-4H3/t20-/m1/s1. The summed E-state index contributed by atoms with van der Waals surface area (Å²) in [6.45, 7) is 10.2. The Morgan fingerprint density at radius 1 is 1.00 bits per heavy atom. The first-order valence-corrected chi connectivity index (χ1v) is 11.8. The zero-order valence-corrected chi connectivity index (χ0v) is 20.4. The quantitative estimate of drug-likeness (QED) is 0.514. The number of carbonyl (C=O) groups is 1. The highest BCUT2D eigenvalue weighted by molar-refractivity contribution is 6.32. The van der Waals surface area contributed by atoms with Crippen molar-refractivity contribution >= 4 is 17.5 Å². The van der Waals surface area contributed by atoms with Crippen LogP contribution in [0.1, 0.15) is 38.3 Å². The van der Waals surface area contributed by atoms with E-state index in [-0.39, 0.29) is 11.8 Å². The number of ether oxygens (including phenoxy) is 2. The second-order valence-corrected chi connectivity index (χ2v) is 9.56. The minimum absolute atomic E-state index is 0.113. The Kier molecular flexibility index (Phi) is 8.83. The molecular weight excluding hydrogens is 424 g/mol. The third-order valence-corrected chi connectivity index (χ3v) is 5.72. The van der Waals surface area contributed by atoms with Crippen LogP contribution >= 0.6 is 11.6 Å². The number of halogens is 1. The van der Waals surface area contributed by atoms with E-state index < -0.39 is 0 Å². The minimum Gasteiger partial charge on any atom is -0.489 e. The lowest BCUT2D eigenvalue weighted by atomic mass is 10.1. The van der Waals surface area contributed by atoms with Crippen LogP contribution in [-0.4, -0.2) is 49.1 Å². The molecule has 0 saturated heterocycles. The third kappa shape index (κ3) is 6.88. The summed E-state index contributed by atoms with van der Waals surface area (Å²) in [6, 6.07) is 14.2. The van der Waals surface area contributed by atoms with Crippen molar-refractivity contribution in [2.24, 2.45) is 11.8 Å². The average Bonchev–Trinajstić information content (AvgIpc) is 2.99. The molecule has 0 saturated carbocycles. The van der Waals surface area contributed by atoms with E-state index in [4.69, 9.17) is 21.1 Å². The maximum Gasteiger partial charge on any atom is 0.227 e. The molecule has 0 unspecified atom stereocenters. The minimum atomic E-state index is -0.113. The first kappa shape index (κ1) is 24.4. The molecule has 0 N–H and O–H groups in total. The number of hydrogen-bond acceptors (Lipinski definition) is 4. The van der Waals surface area contributed by atoms with Crippen LogP contribution in [0.3, 0.4) is 0 Å². The Morgan fingerprint density at radius 3 is 2.44 bits per heavy atom. The topological polar surface area (TPSA) is 42.0 Å². The van der Waals surface area contributed by atoms with Crippen LogP contribution in [0.4, 0.5) is 0 Å². The van der Waals surface area contributed by atoms with Gasteiger partial charge in [0.1, 0.15) is 0 Å². The lowest BCUT2D eigenvalue weighted by Crippen LogP contribution is -2.40. The van der Waals surface area contributed by atoms with Crippen molar-refractivity contribution in [3.8, 4) is 11.5 Å². The molecule has 0 spiro atoms. The normalized spacial score (nSPS) is 14.3. The predicted molar refractivity (Wildman–Crippen MR) is 129 cm³/mol. The number of carbonyl (C=O) groups excluding carboxylic acids is 1. The lowest BCUT2D eigenvalue weighted by Gasteiger charge is -2.30. The monoisotopic (exact) mass is 458 g/mol. The van der Waals surface area contributed by atoms with Gasteiger partial charge in [-0.05, 0) is 36.2 Å². The van der Waals surface area contributed by atoms with E-state index in [2.05, 4.69) is 37.9 Å². The Hall–Kier alpha value is -2.24. The van der Waals surface area contributed by atoms with Crippen LogP contribution in [0.2, 0.25) is 5.02 Å². The molecule has 0 fully saturated rings. The summed E-state index contributed by atoms with van der Waals surface area (Å²) in [4.78, 5) is 17.6. The summed E-state index contributed by atoms with van der Waals surface area (Å²) in [5, 5.41) is 0.534. The molecule has 0 aromatic heterocycles.